The van der Waals surface area contributed by atoms with Gasteiger partial charge in [-0.1, -0.05) is 18.2 Å². The average molecular weight is 338 g/mol. The molecule has 1 amide bonds. The minimum Gasteiger partial charge on any atom is -0.481 e. The number of carbonyl (C=O) groups excluding carboxylic acids is 1. The van der Waals surface area contributed by atoms with Crippen molar-refractivity contribution in [3.8, 4) is 0 Å². The Labute approximate surface area is 147 Å². The summed E-state index contributed by atoms with van der Waals surface area (Å²) in [7, 11) is 3.92. The first-order valence-electron chi connectivity index (χ1n) is 8.38. The fourth-order valence-corrected chi connectivity index (χ4v) is 3.06. The van der Waals surface area contributed by atoms with Crippen LogP contribution in [0, 0.1) is 0 Å². The number of carboxylic acids is 1. The molecule has 1 N–H and O–H groups in total. The van der Waals surface area contributed by atoms with Gasteiger partial charge in [0, 0.05) is 37.5 Å². The molecule has 25 heavy (non-hydrogen) atoms. The molecule has 0 aromatic heterocycles. The van der Waals surface area contributed by atoms with E-state index in [0.717, 1.165) is 34.5 Å². The molecular formula is C20H22N2O3. The fourth-order valence-electron chi connectivity index (χ4n) is 3.06. The third-order valence-electron chi connectivity index (χ3n) is 4.52. The predicted molar refractivity (Wildman–Crippen MR) is 98.3 cm³/mol. The van der Waals surface area contributed by atoms with Crippen molar-refractivity contribution < 1.29 is 14.7 Å². The summed E-state index contributed by atoms with van der Waals surface area (Å²) >= 11 is 0. The summed E-state index contributed by atoms with van der Waals surface area (Å²) in [5.41, 5.74) is 4.78. The lowest BCUT2D eigenvalue weighted by atomic mass is 10.1. The average Bonchev–Trinajstić information content (AvgIpc) is 2.91. The third-order valence-corrected chi connectivity index (χ3v) is 4.52. The summed E-state index contributed by atoms with van der Waals surface area (Å²) < 4.78 is 0. The minimum atomic E-state index is -0.769. The number of rotatable bonds is 6. The Kier molecular flexibility index (Phi) is 4.74. The summed E-state index contributed by atoms with van der Waals surface area (Å²) in [6.45, 7) is 0.584. The van der Waals surface area contributed by atoms with Crippen LogP contribution in [0.15, 0.2) is 42.5 Å². The number of nitrogens with zero attached hydrogens (tertiary/aromatic N) is 2. The van der Waals surface area contributed by atoms with Crippen LogP contribution in [0.3, 0.4) is 0 Å². The molecule has 0 radical (unpaired) electrons. The zero-order valence-electron chi connectivity index (χ0n) is 14.5. The van der Waals surface area contributed by atoms with Gasteiger partial charge in [-0.05, 0) is 48.2 Å². The molecular weight excluding hydrogens is 316 g/mol. The largest absolute Gasteiger partial charge is 0.481 e. The van der Waals surface area contributed by atoms with E-state index in [2.05, 4.69) is 0 Å². The molecule has 0 bridgehead atoms. The van der Waals surface area contributed by atoms with Gasteiger partial charge in [-0.2, -0.15) is 0 Å². The van der Waals surface area contributed by atoms with Crippen molar-refractivity contribution in [3.05, 3.63) is 59.2 Å². The van der Waals surface area contributed by atoms with E-state index < -0.39 is 5.97 Å². The number of aryl methyl sites for hydroxylation is 1. The second kappa shape index (κ2) is 6.97. The van der Waals surface area contributed by atoms with Crippen LogP contribution in [0.1, 0.15) is 34.3 Å². The lowest BCUT2D eigenvalue weighted by molar-refractivity contribution is -0.137. The van der Waals surface area contributed by atoms with Gasteiger partial charge >= 0.3 is 5.97 Å². The highest BCUT2D eigenvalue weighted by atomic mass is 16.4. The number of aliphatic carboxylic acids is 1. The summed E-state index contributed by atoms with van der Waals surface area (Å²) in [5.74, 6) is -0.744. The van der Waals surface area contributed by atoms with E-state index in [9.17, 15) is 9.59 Å². The highest BCUT2D eigenvalue weighted by Gasteiger charge is 2.28. The van der Waals surface area contributed by atoms with Gasteiger partial charge in [0.15, 0.2) is 0 Å². The number of fused-ring (bicyclic) bond motifs is 1. The number of hydrogen-bond donors (Lipinski definition) is 1. The molecule has 2 aromatic rings. The van der Waals surface area contributed by atoms with Crippen LogP contribution >= 0.6 is 0 Å². The molecule has 130 valence electrons. The highest BCUT2D eigenvalue weighted by Crippen LogP contribution is 2.30. The van der Waals surface area contributed by atoms with Crippen molar-refractivity contribution in [2.45, 2.75) is 25.8 Å². The normalized spacial score (nSPS) is 13.0. The van der Waals surface area contributed by atoms with Gasteiger partial charge in [-0.25, -0.2) is 0 Å². The molecule has 0 saturated heterocycles. The molecule has 0 atom stereocenters. The second-order valence-corrected chi connectivity index (χ2v) is 6.54. The Bertz CT molecular complexity index is 797. The zero-order chi connectivity index (χ0) is 18.0. The molecule has 0 saturated carbocycles. The van der Waals surface area contributed by atoms with Crippen molar-refractivity contribution in [1.82, 2.24) is 0 Å². The van der Waals surface area contributed by atoms with Gasteiger partial charge in [0.2, 0.25) is 0 Å². The van der Waals surface area contributed by atoms with Gasteiger partial charge in [-0.3, -0.25) is 9.59 Å². The Morgan fingerprint density at radius 3 is 2.52 bits per heavy atom. The summed E-state index contributed by atoms with van der Waals surface area (Å²) in [6.07, 6.45) is 1.53. The third kappa shape index (κ3) is 3.65. The zero-order valence-corrected chi connectivity index (χ0v) is 14.5. The smallest absolute Gasteiger partial charge is 0.303 e. The highest BCUT2D eigenvalue weighted by molar-refractivity contribution is 6.10. The Morgan fingerprint density at radius 2 is 1.88 bits per heavy atom. The van der Waals surface area contributed by atoms with Crippen molar-refractivity contribution >= 4 is 23.3 Å². The number of anilines is 2. The first kappa shape index (κ1) is 17.0. The maximum absolute atomic E-state index is 12.7. The van der Waals surface area contributed by atoms with Crippen LogP contribution in [0.4, 0.5) is 11.4 Å². The summed E-state index contributed by atoms with van der Waals surface area (Å²) in [5, 5.41) is 8.70. The van der Waals surface area contributed by atoms with E-state index >= 15 is 0 Å². The predicted octanol–water partition coefficient (Wildman–Crippen LogP) is 3.32. The monoisotopic (exact) mass is 338 g/mol. The summed E-state index contributed by atoms with van der Waals surface area (Å²) in [6, 6.07) is 13.8. The Hall–Kier alpha value is -2.82. The van der Waals surface area contributed by atoms with E-state index in [-0.39, 0.29) is 12.3 Å². The van der Waals surface area contributed by atoms with Crippen LogP contribution in [-0.4, -0.2) is 31.1 Å². The fraction of sp³-hybridized carbons (Fsp3) is 0.300. The molecule has 0 fully saturated rings. The first-order chi connectivity index (χ1) is 12.0. The van der Waals surface area contributed by atoms with Crippen LogP contribution in [-0.2, 0) is 17.8 Å². The molecule has 0 aliphatic carbocycles. The molecule has 1 aliphatic rings. The Balaban J connectivity index is 1.72. The number of carboxylic acid groups (broad SMARTS) is 1. The molecule has 1 aliphatic heterocycles. The van der Waals surface area contributed by atoms with E-state index in [1.165, 1.54) is 0 Å². The van der Waals surface area contributed by atoms with Crippen molar-refractivity contribution in [2.24, 2.45) is 0 Å². The van der Waals surface area contributed by atoms with Crippen LogP contribution in [0.2, 0.25) is 0 Å². The lowest BCUT2D eigenvalue weighted by Gasteiger charge is -2.16. The quantitative estimate of drug-likeness (QED) is 0.878. The van der Waals surface area contributed by atoms with E-state index in [4.69, 9.17) is 5.11 Å². The number of benzene rings is 2. The Morgan fingerprint density at radius 1 is 1.16 bits per heavy atom. The first-order valence-corrected chi connectivity index (χ1v) is 8.38. The van der Waals surface area contributed by atoms with E-state index in [1.807, 2.05) is 61.5 Å². The van der Waals surface area contributed by atoms with Crippen molar-refractivity contribution in [2.75, 3.05) is 23.9 Å². The molecule has 0 unspecified atom stereocenters. The lowest BCUT2D eigenvalue weighted by Crippen LogP contribution is -2.23. The molecule has 3 rings (SSSR count). The minimum absolute atomic E-state index is 0.0253. The summed E-state index contributed by atoms with van der Waals surface area (Å²) in [4.78, 5) is 27.1. The molecule has 5 heteroatoms. The van der Waals surface area contributed by atoms with Gasteiger partial charge in [0.05, 0.1) is 6.54 Å². The maximum atomic E-state index is 12.7. The van der Waals surface area contributed by atoms with Crippen LogP contribution < -0.4 is 9.80 Å². The van der Waals surface area contributed by atoms with E-state index in [1.54, 1.807) is 4.90 Å². The number of amides is 1. The van der Waals surface area contributed by atoms with Crippen molar-refractivity contribution in [3.63, 3.8) is 0 Å². The van der Waals surface area contributed by atoms with Crippen LogP contribution in [0.25, 0.3) is 0 Å². The molecule has 2 aromatic carbocycles. The van der Waals surface area contributed by atoms with Crippen LogP contribution in [0.5, 0.6) is 0 Å². The molecule has 5 nitrogen and oxygen atoms in total. The molecule has 1 heterocycles. The topological polar surface area (TPSA) is 60.9 Å². The van der Waals surface area contributed by atoms with Crippen molar-refractivity contribution in [1.29, 1.82) is 0 Å². The maximum Gasteiger partial charge on any atom is 0.303 e. The molecule has 0 spiro atoms. The van der Waals surface area contributed by atoms with Gasteiger partial charge in [-0.15, -0.1) is 0 Å². The number of hydrogen-bond acceptors (Lipinski definition) is 3. The van der Waals surface area contributed by atoms with Gasteiger partial charge in [0.25, 0.3) is 5.91 Å². The second-order valence-electron chi connectivity index (χ2n) is 6.54. The van der Waals surface area contributed by atoms with Gasteiger partial charge < -0.3 is 14.9 Å². The van der Waals surface area contributed by atoms with E-state index in [0.29, 0.717) is 13.0 Å². The SMILES string of the molecule is CN(C)c1ccc2c(c1)C(=O)N(c1ccc(CCCC(=O)O)cc1)C2. The standard InChI is InChI=1S/C20H22N2O3/c1-21(2)17-11-8-15-13-22(20(25)18(15)12-17)16-9-6-14(7-10-16)4-3-5-19(23)24/h6-12H,3-5,13H2,1-2H3,(H,23,24). The number of carbonyl (C=O) groups is 2. The van der Waals surface area contributed by atoms with Gasteiger partial charge in [0.1, 0.15) is 0 Å².